The zero-order valence-corrected chi connectivity index (χ0v) is 14.3. The van der Waals surface area contributed by atoms with Crippen LogP contribution < -0.4 is 5.56 Å². The van der Waals surface area contributed by atoms with Crippen LogP contribution in [0.25, 0.3) is 10.9 Å². The zero-order chi connectivity index (χ0) is 16.6. The van der Waals surface area contributed by atoms with Crippen molar-refractivity contribution in [1.82, 2.24) is 14.5 Å². The molecule has 1 N–H and O–H groups in total. The Labute approximate surface area is 139 Å². The van der Waals surface area contributed by atoms with E-state index in [1.54, 1.807) is 25.2 Å². The Balaban J connectivity index is 1.97. The molecule has 0 bridgehead atoms. The highest BCUT2D eigenvalue weighted by molar-refractivity contribution is 7.71. The minimum absolute atomic E-state index is 0.0324. The fourth-order valence-electron chi connectivity index (χ4n) is 3.20. The topological polar surface area (TPSA) is 58.1 Å². The van der Waals surface area contributed by atoms with Gasteiger partial charge in [0.05, 0.1) is 10.9 Å². The Morgan fingerprint density at radius 3 is 2.96 bits per heavy atom. The van der Waals surface area contributed by atoms with E-state index in [-0.39, 0.29) is 11.5 Å². The summed E-state index contributed by atoms with van der Waals surface area (Å²) in [5.74, 6) is 0.622. The van der Waals surface area contributed by atoms with E-state index in [2.05, 4.69) is 11.9 Å². The third-order valence-electron chi connectivity index (χ3n) is 4.73. The van der Waals surface area contributed by atoms with Crippen molar-refractivity contribution in [3.05, 3.63) is 38.9 Å². The van der Waals surface area contributed by atoms with E-state index < -0.39 is 0 Å². The number of aromatic amines is 1. The second kappa shape index (κ2) is 6.28. The lowest BCUT2D eigenvalue weighted by atomic mass is 9.95. The van der Waals surface area contributed by atoms with E-state index in [0.29, 0.717) is 27.2 Å². The number of likely N-dealkylation sites (tertiary alicyclic amines) is 1. The minimum atomic E-state index is -0.147. The molecule has 122 valence electrons. The van der Waals surface area contributed by atoms with Crippen molar-refractivity contribution in [2.24, 2.45) is 13.0 Å². The van der Waals surface area contributed by atoms with Crippen molar-refractivity contribution < 1.29 is 4.79 Å². The van der Waals surface area contributed by atoms with Crippen LogP contribution in [-0.2, 0) is 7.05 Å². The van der Waals surface area contributed by atoms with Gasteiger partial charge < -0.3 is 9.88 Å². The minimum Gasteiger partial charge on any atom is -0.338 e. The van der Waals surface area contributed by atoms with Crippen molar-refractivity contribution in [1.29, 1.82) is 0 Å². The summed E-state index contributed by atoms with van der Waals surface area (Å²) in [4.78, 5) is 29.9. The fraction of sp³-hybridized carbons (Fsp3) is 0.471. The van der Waals surface area contributed by atoms with Crippen LogP contribution in [0.4, 0.5) is 0 Å². The third-order valence-corrected chi connectivity index (χ3v) is 5.11. The van der Waals surface area contributed by atoms with Gasteiger partial charge in [-0.3, -0.25) is 14.2 Å². The number of nitrogens with zero attached hydrogens (tertiary/aromatic N) is 2. The molecule has 0 saturated carbocycles. The molecule has 0 aliphatic carbocycles. The lowest BCUT2D eigenvalue weighted by Gasteiger charge is -2.32. The molecule has 1 atom stereocenters. The second-order valence-corrected chi connectivity index (χ2v) is 6.61. The van der Waals surface area contributed by atoms with Gasteiger partial charge >= 0.3 is 0 Å². The number of amides is 1. The van der Waals surface area contributed by atoms with E-state index in [1.165, 1.54) is 11.0 Å². The molecule has 5 nitrogen and oxygen atoms in total. The molecule has 0 spiro atoms. The highest BCUT2D eigenvalue weighted by atomic mass is 32.1. The van der Waals surface area contributed by atoms with Gasteiger partial charge in [-0.1, -0.05) is 13.3 Å². The van der Waals surface area contributed by atoms with Crippen molar-refractivity contribution in [2.75, 3.05) is 13.1 Å². The Morgan fingerprint density at radius 2 is 2.22 bits per heavy atom. The van der Waals surface area contributed by atoms with Crippen molar-refractivity contribution >= 4 is 29.0 Å². The van der Waals surface area contributed by atoms with Crippen LogP contribution in [-0.4, -0.2) is 33.4 Å². The third kappa shape index (κ3) is 2.95. The molecule has 1 amide bonds. The molecule has 2 aromatic rings. The van der Waals surface area contributed by atoms with Crippen LogP contribution in [0.1, 0.15) is 36.5 Å². The number of hydrogen-bond acceptors (Lipinski definition) is 3. The highest BCUT2D eigenvalue weighted by Gasteiger charge is 2.23. The Morgan fingerprint density at radius 1 is 1.43 bits per heavy atom. The number of hydrogen-bond donors (Lipinski definition) is 1. The molecular formula is C17H21N3O2S. The number of rotatable bonds is 2. The molecule has 3 rings (SSSR count). The highest BCUT2D eigenvalue weighted by Crippen LogP contribution is 2.21. The number of benzene rings is 1. The molecule has 0 unspecified atom stereocenters. The number of carbonyl (C=O) groups is 1. The number of piperidine rings is 1. The first-order valence-corrected chi connectivity index (χ1v) is 8.44. The quantitative estimate of drug-likeness (QED) is 0.861. The van der Waals surface area contributed by atoms with E-state index >= 15 is 0 Å². The molecule has 23 heavy (non-hydrogen) atoms. The van der Waals surface area contributed by atoms with Crippen molar-refractivity contribution in [3.8, 4) is 0 Å². The van der Waals surface area contributed by atoms with Crippen LogP contribution in [0.15, 0.2) is 23.0 Å². The summed E-state index contributed by atoms with van der Waals surface area (Å²) in [5, 5.41) is 0.544. The van der Waals surface area contributed by atoms with E-state index in [4.69, 9.17) is 12.2 Å². The van der Waals surface area contributed by atoms with Crippen LogP contribution in [0.5, 0.6) is 0 Å². The van der Waals surface area contributed by atoms with E-state index in [1.807, 2.05) is 4.90 Å². The average Bonchev–Trinajstić information content (AvgIpc) is 2.58. The molecule has 1 fully saturated rings. The summed E-state index contributed by atoms with van der Waals surface area (Å²) >= 11 is 5.15. The summed E-state index contributed by atoms with van der Waals surface area (Å²) in [6, 6.07) is 5.18. The molecule has 2 heterocycles. The summed E-state index contributed by atoms with van der Waals surface area (Å²) in [6.07, 6.45) is 3.35. The normalized spacial score (nSPS) is 18.3. The fourth-order valence-corrected chi connectivity index (χ4v) is 3.40. The molecule has 1 aromatic carbocycles. The summed E-state index contributed by atoms with van der Waals surface area (Å²) < 4.78 is 1.76. The maximum Gasteiger partial charge on any atom is 0.261 e. The SMILES string of the molecule is CC[C@H]1CCCN(C(=O)c2ccc3c(=O)n(C)c(=S)[nH]c3c2)C1. The van der Waals surface area contributed by atoms with Crippen LogP contribution in [0.3, 0.4) is 0 Å². The molecule has 1 saturated heterocycles. The van der Waals surface area contributed by atoms with Crippen LogP contribution in [0.2, 0.25) is 0 Å². The van der Waals surface area contributed by atoms with Gasteiger partial charge in [-0.25, -0.2) is 0 Å². The van der Waals surface area contributed by atoms with Crippen molar-refractivity contribution in [2.45, 2.75) is 26.2 Å². The molecule has 1 aromatic heterocycles. The largest absolute Gasteiger partial charge is 0.338 e. The lowest BCUT2D eigenvalue weighted by molar-refractivity contribution is 0.0671. The van der Waals surface area contributed by atoms with Gasteiger partial charge in [0, 0.05) is 25.7 Å². The summed E-state index contributed by atoms with van der Waals surface area (Å²) in [6.45, 7) is 3.80. The van der Waals surface area contributed by atoms with E-state index in [0.717, 1.165) is 25.9 Å². The van der Waals surface area contributed by atoms with E-state index in [9.17, 15) is 9.59 Å². The van der Waals surface area contributed by atoms with Gasteiger partial charge in [-0.2, -0.15) is 0 Å². The molecular weight excluding hydrogens is 310 g/mol. The number of nitrogens with one attached hydrogen (secondary N) is 1. The first-order chi connectivity index (χ1) is 11.0. The zero-order valence-electron chi connectivity index (χ0n) is 13.5. The smallest absolute Gasteiger partial charge is 0.261 e. The van der Waals surface area contributed by atoms with Crippen molar-refractivity contribution in [3.63, 3.8) is 0 Å². The standard InChI is InChI=1S/C17H21N3O2S/c1-3-11-5-4-8-20(10-11)15(21)12-6-7-13-14(9-12)18-17(23)19(2)16(13)22/h6-7,9,11H,3-5,8,10H2,1-2H3,(H,18,23)/t11-/m0/s1. The number of H-pyrrole nitrogens is 1. The molecule has 1 aliphatic heterocycles. The van der Waals surface area contributed by atoms with Crippen LogP contribution >= 0.6 is 12.2 Å². The maximum atomic E-state index is 12.7. The molecule has 1 aliphatic rings. The summed E-state index contributed by atoms with van der Waals surface area (Å²) in [5.41, 5.74) is 1.08. The summed E-state index contributed by atoms with van der Waals surface area (Å²) in [7, 11) is 1.64. The number of carbonyl (C=O) groups excluding carboxylic acids is 1. The Hall–Kier alpha value is -1.95. The number of fused-ring (bicyclic) bond motifs is 1. The van der Waals surface area contributed by atoms with Gasteiger partial charge in [0.25, 0.3) is 11.5 Å². The first-order valence-electron chi connectivity index (χ1n) is 8.03. The van der Waals surface area contributed by atoms with Gasteiger partial charge in [0.1, 0.15) is 0 Å². The maximum absolute atomic E-state index is 12.7. The average molecular weight is 331 g/mol. The molecule has 0 radical (unpaired) electrons. The lowest BCUT2D eigenvalue weighted by Crippen LogP contribution is -2.39. The second-order valence-electron chi connectivity index (χ2n) is 6.22. The van der Waals surface area contributed by atoms with Gasteiger partial charge in [-0.15, -0.1) is 0 Å². The monoisotopic (exact) mass is 331 g/mol. The predicted molar refractivity (Wildman–Crippen MR) is 93.3 cm³/mol. The Kier molecular flexibility index (Phi) is 4.35. The van der Waals surface area contributed by atoms with Gasteiger partial charge in [0.15, 0.2) is 4.77 Å². The predicted octanol–water partition coefficient (Wildman–Crippen LogP) is 2.86. The number of aromatic nitrogens is 2. The van der Waals surface area contributed by atoms with Gasteiger partial charge in [-0.05, 0) is 49.2 Å². The van der Waals surface area contributed by atoms with Crippen LogP contribution in [0, 0.1) is 10.7 Å². The van der Waals surface area contributed by atoms with Gasteiger partial charge in [0.2, 0.25) is 0 Å². The molecule has 6 heteroatoms. The Bertz CT molecular complexity index is 868. The first kappa shape index (κ1) is 15.9.